The number of hydrogen-bond acceptors (Lipinski definition) is 7. The fourth-order valence-corrected chi connectivity index (χ4v) is 5.45. The van der Waals surface area contributed by atoms with Gasteiger partial charge in [-0.05, 0) is 31.6 Å². The first kappa shape index (κ1) is 27.5. The first-order valence-electron chi connectivity index (χ1n) is 11.0. The molecule has 0 radical (unpaired) electrons. The first-order valence-corrected chi connectivity index (χ1v) is 12.6. The standard InChI is InChI=1S/C20H27F5N4O5S/c1-33-20(30)29-15(18(22)23)7-14(28-35(31,32)19(24)25)16(29)10-34-13-4-2-3-11(5-13)6-17-26-8-12(21)9-27-17/h8-9,11,13-16,18-19,28H,2-7,10H2,1H3/t11-,13-,14-,15?,16-/m0/s1. The van der Waals surface area contributed by atoms with E-state index < -0.39 is 58.7 Å². The van der Waals surface area contributed by atoms with Crippen LogP contribution in [0.2, 0.25) is 0 Å². The molecule has 1 unspecified atom stereocenters. The minimum absolute atomic E-state index is 0.0986. The molecular formula is C20H27F5N4O5S. The molecule has 9 nitrogen and oxygen atoms in total. The number of alkyl halides is 4. The summed E-state index contributed by atoms with van der Waals surface area (Å²) in [5, 5.41) is 0. The van der Waals surface area contributed by atoms with Crippen LogP contribution in [-0.2, 0) is 25.9 Å². The van der Waals surface area contributed by atoms with E-state index in [0.29, 0.717) is 30.0 Å². The number of nitrogens with one attached hydrogen (secondary N) is 1. The van der Waals surface area contributed by atoms with Crippen molar-refractivity contribution in [2.45, 2.75) is 74.9 Å². The Labute approximate surface area is 199 Å². The van der Waals surface area contributed by atoms with Crippen molar-refractivity contribution >= 4 is 16.1 Å². The second-order valence-corrected chi connectivity index (χ2v) is 10.3. The fourth-order valence-electron chi connectivity index (χ4n) is 4.67. The number of aromatic nitrogens is 2. The number of rotatable bonds is 9. The number of methoxy groups -OCH3 is 1. The summed E-state index contributed by atoms with van der Waals surface area (Å²) < 4.78 is 102. The molecule has 1 saturated heterocycles. The van der Waals surface area contributed by atoms with E-state index >= 15 is 0 Å². The van der Waals surface area contributed by atoms with Gasteiger partial charge in [-0.1, -0.05) is 6.42 Å². The minimum atomic E-state index is -5.11. The number of carbonyl (C=O) groups excluding carboxylic acids is 1. The topological polar surface area (TPSA) is 111 Å². The van der Waals surface area contributed by atoms with Gasteiger partial charge in [0.05, 0.1) is 44.3 Å². The third-order valence-electron chi connectivity index (χ3n) is 6.28. The third kappa shape index (κ3) is 6.97. The Kier molecular flexibility index (Phi) is 9.21. The van der Waals surface area contributed by atoms with Crippen molar-refractivity contribution in [2.75, 3.05) is 13.7 Å². The number of sulfonamides is 1. The number of ether oxygens (including phenoxy) is 2. The van der Waals surface area contributed by atoms with Gasteiger partial charge in [0.2, 0.25) is 0 Å². The Hall–Kier alpha value is -2.13. The van der Waals surface area contributed by atoms with Gasteiger partial charge in [0.25, 0.3) is 16.4 Å². The van der Waals surface area contributed by atoms with E-state index in [0.717, 1.165) is 32.3 Å². The van der Waals surface area contributed by atoms with Crippen molar-refractivity contribution < 1.29 is 44.6 Å². The molecule has 35 heavy (non-hydrogen) atoms. The Morgan fingerprint density at radius 2 is 1.89 bits per heavy atom. The van der Waals surface area contributed by atoms with Crippen molar-refractivity contribution in [1.29, 1.82) is 0 Å². The van der Waals surface area contributed by atoms with Crippen LogP contribution >= 0.6 is 0 Å². The van der Waals surface area contributed by atoms with Gasteiger partial charge >= 0.3 is 11.9 Å². The molecule has 1 aliphatic heterocycles. The molecule has 0 aromatic carbocycles. The van der Waals surface area contributed by atoms with Gasteiger partial charge in [-0.2, -0.15) is 8.78 Å². The number of hydrogen-bond donors (Lipinski definition) is 1. The molecular weight excluding hydrogens is 503 g/mol. The van der Waals surface area contributed by atoms with Crippen LogP contribution in [0.15, 0.2) is 12.4 Å². The van der Waals surface area contributed by atoms with Gasteiger partial charge in [-0.25, -0.2) is 41.1 Å². The van der Waals surface area contributed by atoms with Crippen molar-refractivity contribution in [3.63, 3.8) is 0 Å². The van der Waals surface area contributed by atoms with Gasteiger partial charge in [0.15, 0.2) is 5.82 Å². The lowest BCUT2D eigenvalue weighted by Crippen LogP contribution is -2.52. The van der Waals surface area contributed by atoms with Crippen LogP contribution in [0, 0.1) is 11.7 Å². The summed E-state index contributed by atoms with van der Waals surface area (Å²) in [7, 11) is -4.14. The molecule has 2 heterocycles. The number of carbonyl (C=O) groups is 1. The van der Waals surface area contributed by atoms with E-state index in [-0.39, 0.29) is 18.6 Å². The summed E-state index contributed by atoms with van der Waals surface area (Å²) in [6.45, 7) is -0.362. The van der Waals surface area contributed by atoms with Crippen LogP contribution in [0.4, 0.5) is 26.7 Å². The molecule has 15 heteroatoms. The smallest absolute Gasteiger partial charge is 0.410 e. The summed E-state index contributed by atoms with van der Waals surface area (Å²) in [5.41, 5.74) is 0. The molecule has 1 aromatic heterocycles. The SMILES string of the molecule is COC(=O)N1C(C(F)F)C[C@H](NS(=O)(=O)C(F)F)[C@@H]1CO[C@H]1CCC[C@H](Cc2ncc(F)cn2)C1. The largest absolute Gasteiger partial charge is 0.453 e. The van der Waals surface area contributed by atoms with E-state index in [1.54, 1.807) is 4.72 Å². The maximum Gasteiger partial charge on any atom is 0.410 e. The Balaban J connectivity index is 1.70. The molecule has 3 rings (SSSR count). The lowest BCUT2D eigenvalue weighted by atomic mass is 9.85. The van der Waals surface area contributed by atoms with Crippen LogP contribution in [0.3, 0.4) is 0 Å². The van der Waals surface area contributed by atoms with Crippen LogP contribution in [0.5, 0.6) is 0 Å². The van der Waals surface area contributed by atoms with Crippen LogP contribution in [0.25, 0.3) is 0 Å². The number of nitrogens with zero attached hydrogens (tertiary/aromatic N) is 3. The lowest BCUT2D eigenvalue weighted by Gasteiger charge is -2.33. The quantitative estimate of drug-likeness (QED) is 0.489. The van der Waals surface area contributed by atoms with E-state index in [4.69, 9.17) is 4.74 Å². The van der Waals surface area contributed by atoms with Crippen LogP contribution < -0.4 is 4.72 Å². The molecule has 1 aliphatic carbocycles. The second-order valence-electron chi connectivity index (χ2n) is 8.62. The van der Waals surface area contributed by atoms with Crippen LogP contribution in [0.1, 0.15) is 37.9 Å². The highest BCUT2D eigenvalue weighted by Gasteiger charge is 2.50. The van der Waals surface area contributed by atoms with Crippen LogP contribution in [-0.4, -0.2) is 79.5 Å². The Morgan fingerprint density at radius 3 is 2.49 bits per heavy atom. The van der Waals surface area contributed by atoms with E-state index in [1.165, 1.54) is 0 Å². The van der Waals surface area contributed by atoms with Crippen molar-refractivity contribution in [3.8, 4) is 0 Å². The summed E-state index contributed by atoms with van der Waals surface area (Å²) in [4.78, 5) is 20.8. The third-order valence-corrected chi connectivity index (χ3v) is 7.38. The normalized spacial score (nSPS) is 27.5. The molecule has 1 saturated carbocycles. The molecule has 2 fully saturated rings. The molecule has 1 N–H and O–H groups in total. The summed E-state index contributed by atoms with van der Waals surface area (Å²) in [6, 6.07) is -4.44. The van der Waals surface area contributed by atoms with Crippen molar-refractivity contribution in [1.82, 2.24) is 19.6 Å². The number of amides is 1. The number of likely N-dealkylation sites (tertiary alicyclic amines) is 1. The maximum absolute atomic E-state index is 13.7. The minimum Gasteiger partial charge on any atom is -0.453 e. The summed E-state index contributed by atoms with van der Waals surface area (Å²) in [6.07, 6.45) is 0.239. The Morgan fingerprint density at radius 1 is 1.20 bits per heavy atom. The van der Waals surface area contributed by atoms with E-state index in [2.05, 4.69) is 14.7 Å². The average molecular weight is 531 g/mol. The Bertz CT molecular complexity index is 956. The lowest BCUT2D eigenvalue weighted by molar-refractivity contribution is -0.0284. The zero-order valence-corrected chi connectivity index (χ0v) is 19.6. The molecule has 1 aromatic rings. The van der Waals surface area contributed by atoms with Gasteiger partial charge in [-0.15, -0.1) is 0 Å². The molecule has 0 bridgehead atoms. The molecule has 5 atom stereocenters. The zero-order chi connectivity index (χ0) is 25.8. The zero-order valence-electron chi connectivity index (χ0n) is 18.8. The summed E-state index contributed by atoms with van der Waals surface area (Å²) >= 11 is 0. The van der Waals surface area contributed by atoms with Crippen molar-refractivity contribution in [2.24, 2.45) is 5.92 Å². The molecule has 198 valence electrons. The predicted molar refractivity (Wildman–Crippen MR) is 112 cm³/mol. The highest BCUT2D eigenvalue weighted by atomic mass is 32.2. The molecule has 1 amide bonds. The maximum atomic E-state index is 13.7. The van der Waals surface area contributed by atoms with E-state index in [1.807, 2.05) is 0 Å². The van der Waals surface area contributed by atoms with Gasteiger partial charge in [0, 0.05) is 12.5 Å². The van der Waals surface area contributed by atoms with E-state index in [9.17, 15) is 35.2 Å². The highest BCUT2D eigenvalue weighted by Crippen LogP contribution is 2.33. The average Bonchev–Trinajstić information content (AvgIpc) is 3.16. The summed E-state index contributed by atoms with van der Waals surface area (Å²) in [5.74, 6) is -3.76. The monoisotopic (exact) mass is 530 g/mol. The predicted octanol–water partition coefficient (Wildman–Crippen LogP) is 2.72. The van der Waals surface area contributed by atoms with Gasteiger partial charge in [0.1, 0.15) is 5.82 Å². The van der Waals surface area contributed by atoms with Gasteiger partial charge < -0.3 is 9.47 Å². The second kappa shape index (κ2) is 11.7. The van der Waals surface area contributed by atoms with Gasteiger partial charge in [-0.3, -0.25) is 4.90 Å². The molecule has 2 aliphatic rings. The highest BCUT2D eigenvalue weighted by molar-refractivity contribution is 7.89. The fraction of sp³-hybridized carbons (Fsp3) is 0.750. The molecule has 0 spiro atoms. The van der Waals surface area contributed by atoms with Crippen molar-refractivity contribution in [3.05, 3.63) is 24.0 Å². The number of halogens is 5. The first-order chi connectivity index (χ1) is 16.5.